The minimum absolute atomic E-state index is 0.182. The van der Waals surface area contributed by atoms with E-state index >= 15 is 0 Å². The molecule has 4 heteroatoms. The van der Waals surface area contributed by atoms with E-state index in [1.165, 1.54) is 12.1 Å². The second kappa shape index (κ2) is 5.57. The molecule has 1 aromatic rings. The van der Waals surface area contributed by atoms with E-state index in [4.69, 9.17) is 0 Å². The van der Waals surface area contributed by atoms with Gasteiger partial charge in [-0.15, -0.1) is 13.2 Å². The van der Waals surface area contributed by atoms with Crippen molar-refractivity contribution >= 4 is 5.57 Å². The molecule has 1 aromatic carbocycles. The van der Waals surface area contributed by atoms with Crippen LogP contribution >= 0.6 is 0 Å². The fraction of sp³-hybridized carbons (Fsp3) is 0.231. The monoisotopic (exact) mass is 242 g/mol. The Bertz CT molecular complexity index is 431. The molecule has 0 spiro atoms. The smallest absolute Gasteiger partial charge is 0.405 e. The Hall–Kier alpha value is -1.71. The summed E-state index contributed by atoms with van der Waals surface area (Å²) in [7, 11) is 0. The first-order valence-corrected chi connectivity index (χ1v) is 5.09. The van der Waals surface area contributed by atoms with E-state index in [2.05, 4.69) is 4.74 Å². The molecule has 1 nitrogen and oxygen atoms in total. The van der Waals surface area contributed by atoms with Gasteiger partial charge in [-0.1, -0.05) is 36.4 Å². The second-order valence-corrected chi connectivity index (χ2v) is 3.42. The zero-order chi connectivity index (χ0) is 12.9. The van der Waals surface area contributed by atoms with Crippen molar-refractivity contribution in [1.82, 2.24) is 0 Å². The Morgan fingerprint density at radius 2 is 1.88 bits per heavy atom. The molecule has 0 saturated heterocycles. The minimum atomic E-state index is -4.67. The topological polar surface area (TPSA) is 9.23 Å². The SMILES string of the molecule is C/C=C\C=C(/C)c1ccccc1OC(F)(F)F. The lowest BCUT2D eigenvalue weighted by molar-refractivity contribution is -0.274. The lowest BCUT2D eigenvalue weighted by atomic mass is 10.1. The van der Waals surface area contributed by atoms with Gasteiger partial charge in [-0.05, 0) is 25.5 Å². The van der Waals surface area contributed by atoms with Crippen LogP contribution in [-0.4, -0.2) is 6.36 Å². The summed E-state index contributed by atoms with van der Waals surface area (Å²) in [5.74, 6) is -0.182. The number of ether oxygens (including phenoxy) is 1. The summed E-state index contributed by atoms with van der Waals surface area (Å²) in [5.41, 5.74) is 1.14. The van der Waals surface area contributed by atoms with E-state index in [9.17, 15) is 13.2 Å². The van der Waals surface area contributed by atoms with Crippen LogP contribution in [0.1, 0.15) is 19.4 Å². The number of benzene rings is 1. The van der Waals surface area contributed by atoms with E-state index in [0.717, 1.165) is 0 Å². The van der Waals surface area contributed by atoms with Crippen molar-refractivity contribution in [2.75, 3.05) is 0 Å². The Balaban J connectivity index is 3.08. The van der Waals surface area contributed by atoms with Crippen molar-refractivity contribution < 1.29 is 17.9 Å². The quantitative estimate of drug-likeness (QED) is 0.706. The molecule has 0 N–H and O–H groups in total. The molecule has 92 valence electrons. The fourth-order valence-corrected chi connectivity index (χ4v) is 1.34. The highest BCUT2D eigenvalue weighted by atomic mass is 19.4. The average Bonchev–Trinajstić information content (AvgIpc) is 2.24. The highest BCUT2D eigenvalue weighted by Gasteiger charge is 2.32. The molecule has 0 saturated carbocycles. The summed E-state index contributed by atoms with van der Waals surface area (Å²) in [6.07, 6.45) is 0.631. The highest BCUT2D eigenvalue weighted by Crippen LogP contribution is 2.30. The Morgan fingerprint density at radius 1 is 1.24 bits per heavy atom. The molecule has 17 heavy (non-hydrogen) atoms. The Labute approximate surface area is 98.2 Å². The van der Waals surface area contributed by atoms with Crippen molar-refractivity contribution in [2.45, 2.75) is 20.2 Å². The molecule has 0 aliphatic carbocycles. The van der Waals surface area contributed by atoms with Crippen molar-refractivity contribution in [3.05, 3.63) is 48.1 Å². The normalized spacial score (nSPS) is 13.1. The zero-order valence-electron chi connectivity index (χ0n) is 9.58. The van der Waals surface area contributed by atoms with Gasteiger partial charge in [0.1, 0.15) is 5.75 Å². The van der Waals surface area contributed by atoms with Gasteiger partial charge in [0.15, 0.2) is 0 Å². The van der Waals surface area contributed by atoms with Gasteiger partial charge in [-0.3, -0.25) is 0 Å². The van der Waals surface area contributed by atoms with Gasteiger partial charge in [0.05, 0.1) is 0 Å². The average molecular weight is 242 g/mol. The Kier molecular flexibility index (Phi) is 4.37. The van der Waals surface area contributed by atoms with Crippen LogP contribution in [-0.2, 0) is 0 Å². The van der Waals surface area contributed by atoms with E-state index < -0.39 is 6.36 Å². The third-order valence-corrected chi connectivity index (χ3v) is 2.08. The summed E-state index contributed by atoms with van der Waals surface area (Å²) >= 11 is 0. The first kappa shape index (κ1) is 13.4. The second-order valence-electron chi connectivity index (χ2n) is 3.42. The summed E-state index contributed by atoms with van der Waals surface area (Å²) in [5, 5.41) is 0. The largest absolute Gasteiger partial charge is 0.573 e. The van der Waals surface area contributed by atoms with Gasteiger partial charge in [0, 0.05) is 5.56 Å². The maximum absolute atomic E-state index is 12.2. The maximum Gasteiger partial charge on any atom is 0.573 e. The predicted octanol–water partition coefficient (Wildman–Crippen LogP) is 4.56. The number of para-hydroxylation sites is 1. The predicted molar refractivity (Wildman–Crippen MR) is 61.6 cm³/mol. The fourth-order valence-electron chi connectivity index (χ4n) is 1.34. The van der Waals surface area contributed by atoms with E-state index in [0.29, 0.717) is 11.1 Å². The van der Waals surface area contributed by atoms with Crippen molar-refractivity contribution in [2.24, 2.45) is 0 Å². The molecule has 0 aromatic heterocycles. The van der Waals surface area contributed by atoms with Gasteiger partial charge >= 0.3 is 6.36 Å². The summed E-state index contributed by atoms with van der Waals surface area (Å²) in [6.45, 7) is 3.57. The number of allylic oxidation sites excluding steroid dienone is 4. The molecule has 0 aliphatic rings. The molecule has 0 bridgehead atoms. The lowest BCUT2D eigenvalue weighted by Gasteiger charge is -2.13. The number of hydrogen-bond donors (Lipinski definition) is 0. The van der Waals surface area contributed by atoms with Crippen molar-refractivity contribution in [1.29, 1.82) is 0 Å². The first-order valence-electron chi connectivity index (χ1n) is 5.09. The third kappa shape index (κ3) is 4.34. The van der Waals surface area contributed by atoms with Crippen LogP contribution in [0, 0.1) is 0 Å². The Morgan fingerprint density at radius 3 is 2.47 bits per heavy atom. The number of hydrogen-bond acceptors (Lipinski definition) is 1. The van der Waals surface area contributed by atoms with Gasteiger partial charge in [-0.2, -0.15) is 0 Å². The third-order valence-electron chi connectivity index (χ3n) is 2.08. The molecular formula is C13H13F3O. The van der Waals surface area contributed by atoms with Gasteiger partial charge in [0.25, 0.3) is 0 Å². The van der Waals surface area contributed by atoms with E-state index in [-0.39, 0.29) is 5.75 Å². The van der Waals surface area contributed by atoms with Gasteiger partial charge in [0.2, 0.25) is 0 Å². The van der Waals surface area contributed by atoms with Gasteiger partial charge in [-0.25, -0.2) is 0 Å². The summed E-state index contributed by atoms with van der Waals surface area (Å²) in [4.78, 5) is 0. The van der Waals surface area contributed by atoms with Crippen molar-refractivity contribution in [3.63, 3.8) is 0 Å². The van der Waals surface area contributed by atoms with Crippen LogP contribution in [0.25, 0.3) is 5.57 Å². The minimum Gasteiger partial charge on any atom is -0.405 e. The molecule has 0 fully saturated rings. The van der Waals surface area contributed by atoms with E-state index in [1.54, 1.807) is 37.3 Å². The van der Waals surface area contributed by atoms with Crippen LogP contribution in [0.2, 0.25) is 0 Å². The maximum atomic E-state index is 12.2. The molecule has 0 atom stereocenters. The molecule has 0 heterocycles. The summed E-state index contributed by atoms with van der Waals surface area (Å²) < 4.78 is 40.5. The van der Waals surface area contributed by atoms with Crippen LogP contribution in [0.5, 0.6) is 5.75 Å². The zero-order valence-corrected chi connectivity index (χ0v) is 9.58. The molecule has 0 radical (unpaired) electrons. The molecular weight excluding hydrogens is 229 g/mol. The lowest BCUT2D eigenvalue weighted by Crippen LogP contribution is -2.17. The number of halogens is 3. The molecule has 0 amide bonds. The highest BCUT2D eigenvalue weighted by molar-refractivity contribution is 5.70. The first-order chi connectivity index (χ1) is 7.94. The molecule has 0 unspecified atom stereocenters. The molecule has 0 aliphatic heterocycles. The number of rotatable bonds is 3. The van der Waals surface area contributed by atoms with Crippen LogP contribution in [0.4, 0.5) is 13.2 Å². The van der Waals surface area contributed by atoms with Crippen LogP contribution in [0.15, 0.2) is 42.5 Å². The van der Waals surface area contributed by atoms with Gasteiger partial charge < -0.3 is 4.74 Å². The van der Waals surface area contributed by atoms with Crippen molar-refractivity contribution in [3.8, 4) is 5.75 Å². The number of alkyl halides is 3. The summed E-state index contributed by atoms with van der Waals surface area (Å²) in [6, 6.07) is 6.07. The van der Waals surface area contributed by atoms with Crippen LogP contribution in [0.3, 0.4) is 0 Å². The van der Waals surface area contributed by atoms with Crippen LogP contribution < -0.4 is 4.74 Å². The molecule has 1 rings (SSSR count). The standard InChI is InChI=1S/C13H13F3O/c1-3-4-7-10(2)11-8-5-6-9-12(11)17-13(14,15)16/h3-9H,1-2H3/b4-3-,10-7+. The van der Waals surface area contributed by atoms with E-state index in [1.807, 2.05) is 6.92 Å².